The number of rotatable bonds is 3. The molecule has 0 radical (unpaired) electrons. The van der Waals surface area contributed by atoms with E-state index in [2.05, 4.69) is 25.5 Å². The van der Waals surface area contributed by atoms with Crippen LogP contribution in [0.1, 0.15) is 16.1 Å². The minimum absolute atomic E-state index is 0.0249. The third kappa shape index (κ3) is 2.93. The Hall–Kier alpha value is -3.53. The van der Waals surface area contributed by atoms with Crippen molar-refractivity contribution in [1.29, 1.82) is 0 Å². The maximum Gasteiger partial charge on any atom is 0.263 e. The Morgan fingerprint density at radius 1 is 1.36 bits per heavy atom. The molecule has 11 heteroatoms. The Kier molecular flexibility index (Phi) is 4.19. The number of H-pyrrole nitrogens is 1. The molecule has 0 unspecified atom stereocenters. The molecule has 0 saturated carbocycles. The van der Waals surface area contributed by atoms with Crippen molar-refractivity contribution in [1.82, 2.24) is 29.5 Å². The highest BCUT2D eigenvalue weighted by molar-refractivity contribution is 6.34. The number of nitrogens with zero attached hydrogens (tertiary/aromatic N) is 5. The summed E-state index contributed by atoms with van der Waals surface area (Å²) in [5.74, 6) is -1.25. The van der Waals surface area contributed by atoms with E-state index >= 15 is 0 Å². The number of carbonyl (C=O) groups is 1. The molecule has 3 heterocycles. The highest BCUT2D eigenvalue weighted by Crippen LogP contribution is 2.22. The van der Waals surface area contributed by atoms with Crippen LogP contribution in [-0.2, 0) is 7.05 Å². The average Bonchev–Trinajstić information content (AvgIpc) is 3.18. The van der Waals surface area contributed by atoms with Crippen molar-refractivity contribution in [2.45, 2.75) is 6.92 Å². The second kappa shape index (κ2) is 6.57. The molecule has 0 aliphatic carbocycles. The summed E-state index contributed by atoms with van der Waals surface area (Å²) in [5, 5.41) is 11.1. The Morgan fingerprint density at radius 3 is 2.89 bits per heavy atom. The van der Waals surface area contributed by atoms with Crippen LogP contribution in [0, 0.1) is 12.7 Å². The average molecular weight is 402 g/mol. The van der Waals surface area contributed by atoms with Gasteiger partial charge in [-0.25, -0.2) is 4.39 Å². The number of aryl methyl sites for hydroxylation is 2. The first kappa shape index (κ1) is 17.9. The zero-order valence-electron chi connectivity index (χ0n) is 14.7. The van der Waals surface area contributed by atoms with Crippen LogP contribution in [-0.4, -0.2) is 35.4 Å². The summed E-state index contributed by atoms with van der Waals surface area (Å²) in [6.07, 6.45) is 1.40. The fourth-order valence-corrected chi connectivity index (χ4v) is 3.01. The molecular weight excluding hydrogens is 389 g/mol. The van der Waals surface area contributed by atoms with Crippen LogP contribution < -0.4 is 10.9 Å². The lowest BCUT2D eigenvalue weighted by Crippen LogP contribution is -2.20. The Labute approximate surface area is 161 Å². The van der Waals surface area contributed by atoms with Gasteiger partial charge < -0.3 is 5.32 Å². The summed E-state index contributed by atoms with van der Waals surface area (Å²) in [5.41, 5.74) is 0.192. The molecule has 4 aromatic rings. The van der Waals surface area contributed by atoms with Crippen molar-refractivity contribution >= 4 is 34.4 Å². The molecule has 2 N–H and O–H groups in total. The van der Waals surface area contributed by atoms with E-state index in [1.54, 1.807) is 20.0 Å². The summed E-state index contributed by atoms with van der Waals surface area (Å²) in [4.78, 5) is 31.8. The lowest BCUT2D eigenvalue weighted by atomic mass is 10.2. The minimum atomic E-state index is -0.756. The van der Waals surface area contributed by atoms with Crippen LogP contribution in [0.5, 0.6) is 0 Å². The van der Waals surface area contributed by atoms with Crippen molar-refractivity contribution in [2.75, 3.05) is 5.32 Å². The predicted octanol–water partition coefficient (Wildman–Crippen LogP) is 2.20. The molecule has 0 spiro atoms. The van der Waals surface area contributed by atoms with Crippen LogP contribution in [0.25, 0.3) is 17.0 Å². The Balaban J connectivity index is 1.79. The highest BCUT2D eigenvalue weighted by Gasteiger charge is 2.20. The Morgan fingerprint density at radius 2 is 2.14 bits per heavy atom. The van der Waals surface area contributed by atoms with E-state index in [0.29, 0.717) is 16.7 Å². The van der Waals surface area contributed by atoms with E-state index in [-0.39, 0.29) is 22.4 Å². The van der Waals surface area contributed by atoms with E-state index in [1.165, 1.54) is 27.7 Å². The second-order valence-corrected chi connectivity index (χ2v) is 6.44. The number of hydrogen-bond donors (Lipinski definition) is 2. The normalized spacial score (nSPS) is 11.1. The van der Waals surface area contributed by atoms with Gasteiger partial charge in [0, 0.05) is 13.1 Å². The van der Waals surface area contributed by atoms with Crippen molar-refractivity contribution in [2.24, 2.45) is 7.05 Å². The molecule has 0 aliphatic rings. The molecule has 0 aliphatic heterocycles. The van der Waals surface area contributed by atoms with Crippen LogP contribution >= 0.6 is 11.6 Å². The number of aromatic nitrogens is 6. The van der Waals surface area contributed by atoms with Crippen molar-refractivity contribution < 1.29 is 9.18 Å². The molecule has 0 atom stereocenters. The molecular formula is C17H13ClFN7O2. The molecule has 142 valence electrons. The molecule has 3 aromatic heterocycles. The smallest absolute Gasteiger partial charge is 0.263 e. The Bertz CT molecular complexity index is 1270. The van der Waals surface area contributed by atoms with E-state index in [0.717, 1.165) is 6.07 Å². The van der Waals surface area contributed by atoms with Gasteiger partial charge in [0.05, 0.1) is 22.5 Å². The molecule has 28 heavy (non-hydrogen) atoms. The molecule has 0 fully saturated rings. The van der Waals surface area contributed by atoms with Gasteiger partial charge in [0.25, 0.3) is 11.5 Å². The fourth-order valence-electron chi connectivity index (χ4n) is 2.76. The zero-order valence-corrected chi connectivity index (χ0v) is 15.5. The number of hydrogen-bond acceptors (Lipinski definition) is 5. The molecule has 0 saturated heterocycles. The standard InChI is InChI=1S/C17H13ClFN7O2/c1-8-6-12(21-16(28)13-10(18)4-3-5-11(13)19)26(24-8)17-22-14-9(15(27)23-17)7-20-25(14)2/h3-7H,1-2H3,(H,21,28)(H,22,23,27). The number of carbonyl (C=O) groups excluding carboxylic acids is 1. The summed E-state index contributed by atoms with van der Waals surface area (Å²) in [7, 11) is 1.65. The molecule has 0 bridgehead atoms. The minimum Gasteiger partial charge on any atom is -0.306 e. The van der Waals surface area contributed by atoms with Gasteiger partial charge in [-0.15, -0.1) is 0 Å². The second-order valence-electron chi connectivity index (χ2n) is 6.03. The van der Waals surface area contributed by atoms with Crippen molar-refractivity contribution in [3.05, 3.63) is 62.9 Å². The van der Waals surface area contributed by atoms with E-state index < -0.39 is 17.3 Å². The van der Waals surface area contributed by atoms with Crippen LogP contribution in [0.15, 0.2) is 35.3 Å². The summed E-state index contributed by atoms with van der Waals surface area (Å²) >= 11 is 5.95. The zero-order chi connectivity index (χ0) is 20.0. The molecule has 1 amide bonds. The lowest BCUT2D eigenvalue weighted by molar-refractivity contribution is 0.102. The first-order valence-corrected chi connectivity index (χ1v) is 8.47. The number of nitrogens with one attached hydrogen (secondary N) is 2. The topological polar surface area (TPSA) is 110 Å². The van der Waals surface area contributed by atoms with Gasteiger partial charge >= 0.3 is 0 Å². The predicted molar refractivity (Wildman–Crippen MR) is 100 cm³/mol. The number of anilines is 1. The molecule has 1 aromatic carbocycles. The number of halogens is 2. The van der Waals surface area contributed by atoms with Gasteiger partial charge in [-0.3, -0.25) is 19.3 Å². The first-order valence-electron chi connectivity index (χ1n) is 8.09. The number of benzene rings is 1. The first-order chi connectivity index (χ1) is 13.3. The summed E-state index contributed by atoms with van der Waals surface area (Å²) in [6.45, 7) is 1.70. The van der Waals surface area contributed by atoms with Crippen LogP contribution in [0.2, 0.25) is 5.02 Å². The fraction of sp³-hybridized carbons (Fsp3) is 0.118. The van der Waals surface area contributed by atoms with Gasteiger partial charge in [-0.1, -0.05) is 17.7 Å². The quantitative estimate of drug-likeness (QED) is 0.546. The lowest BCUT2D eigenvalue weighted by Gasteiger charge is -2.09. The van der Waals surface area contributed by atoms with Gasteiger partial charge in [0.2, 0.25) is 5.95 Å². The number of fused-ring (bicyclic) bond motifs is 1. The van der Waals surface area contributed by atoms with Crippen molar-refractivity contribution in [3.8, 4) is 5.95 Å². The summed E-state index contributed by atoms with van der Waals surface area (Å²) < 4.78 is 16.7. The van der Waals surface area contributed by atoms with E-state index in [9.17, 15) is 14.0 Å². The van der Waals surface area contributed by atoms with Gasteiger partial charge in [0.1, 0.15) is 17.0 Å². The van der Waals surface area contributed by atoms with Gasteiger partial charge in [-0.2, -0.15) is 19.9 Å². The number of aromatic amines is 1. The van der Waals surface area contributed by atoms with Gasteiger partial charge in [0.15, 0.2) is 5.65 Å². The van der Waals surface area contributed by atoms with E-state index in [1.807, 2.05) is 0 Å². The van der Waals surface area contributed by atoms with E-state index in [4.69, 9.17) is 11.6 Å². The third-order valence-electron chi connectivity index (χ3n) is 4.05. The van der Waals surface area contributed by atoms with Gasteiger partial charge in [-0.05, 0) is 19.1 Å². The molecule has 4 rings (SSSR count). The summed E-state index contributed by atoms with van der Waals surface area (Å²) in [6, 6.07) is 5.51. The van der Waals surface area contributed by atoms with Crippen LogP contribution in [0.4, 0.5) is 10.2 Å². The number of amides is 1. The molecule has 9 nitrogen and oxygen atoms in total. The van der Waals surface area contributed by atoms with Crippen LogP contribution in [0.3, 0.4) is 0 Å². The third-order valence-corrected chi connectivity index (χ3v) is 4.37. The van der Waals surface area contributed by atoms with Crippen molar-refractivity contribution in [3.63, 3.8) is 0 Å². The highest BCUT2D eigenvalue weighted by atomic mass is 35.5. The maximum absolute atomic E-state index is 14.0. The maximum atomic E-state index is 14.0. The SMILES string of the molecule is Cc1cc(NC(=O)c2c(F)cccc2Cl)n(-c2nc3c(cnn3C)c(=O)[nH]2)n1. The monoisotopic (exact) mass is 401 g/mol. The largest absolute Gasteiger partial charge is 0.306 e.